The van der Waals surface area contributed by atoms with E-state index in [1.165, 1.54) is 32.4 Å². The number of nitro groups is 1. The predicted octanol–water partition coefficient (Wildman–Crippen LogP) is 3.60. The second-order valence-electron chi connectivity index (χ2n) is 5.20. The first-order chi connectivity index (χ1) is 12.4. The molecule has 136 valence electrons. The highest BCUT2D eigenvalue weighted by Gasteiger charge is 2.10. The summed E-state index contributed by atoms with van der Waals surface area (Å²) in [5.74, 6) is 0.697. The number of hydrogen-bond donors (Lipinski definition) is 1. The number of nitrogens with zero attached hydrogens (tertiary/aromatic N) is 1. The normalized spacial score (nSPS) is 10.6. The molecule has 0 aliphatic carbocycles. The van der Waals surface area contributed by atoms with Crippen LogP contribution in [-0.4, -0.2) is 25.1 Å². The Bertz CT molecular complexity index is 834. The van der Waals surface area contributed by atoms with Crippen molar-refractivity contribution in [2.24, 2.45) is 0 Å². The summed E-state index contributed by atoms with van der Waals surface area (Å²) in [6.07, 6.45) is 2.91. The van der Waals surface area contributed by atoms with E-state index in [2.05, 4.69) is 5.32 Å². The van der Waals surface area contributed by atoms with Gasteiger partial charge in [0.1, 0.15) is 0 Å². The third kappa shape index (κ3) is 4.97. The van der Waals surface area contributed by atoms with Gasteiger partial charge in [-0.3, -0.25) is 14.9 Å². The number of carbonyl (C=O) groups is 1. The second-order valence-corrected chi connectivity index (χ2v) is 5.61. The van der Waals surface area contributed by atoms with Crippen molar-refractivity contribution in [1.29, 1.82) is 0 Å². The summed E-state index contributed by atoms with van der Waals surface area (Å²) < 4.78 is 10.4. The predicted molar refractivity (Wildman–Crippen MR) is 98.5 cm³/mol. The number of amides is 1. The number of hydrogen-bond acceptors (Lipinski definition) is 5. The summed E-state index contributed by atoms with van der Waals surface area (Å²) >= 11 is 6.17. The topological polar surface area (TPSA) is 90.7 Å². The zero-order chi connectivity index (χ0) is 19.1. The maximum Gasteiger partial charge on any atom is 0.269 e. The van der Waals surface area contributed by atoms with E-state index in [0.717, 1.165) is 0 Å². The molecule has 0 aliphatic rings. The molecular weight excluding hydrogens is 360 g/mol. The van der Waals surface area contributed by atoms with Gasteiger partial charge < -0.3 is 14.8 Å². The van der Waals surface area contributed by atoms with E-state index in [9.17, 15) is 14.9 Å². The second kappa shape index (κ2) is 8.87. The summed E-state index contributed by atoms with van der Waals surface area (Å²) in [5, 5.41) is 13.8. The molecule has 0 radical (unpaired) electrons. The molecule has 0 saturated heterocycles. The molecule has 0 spiro atoms. The number of non-ortho nitro benzene ring substituents is 1. The first-order valence-corrected chi connectivity index (χ1v) is 7.93. The standard InChI is InChI=1S/C18H17ClN2O5/c1-25-16-9-13(15(19)10-17(16)26-2)11-20-18(22)8-5-12-3-6-14(7-4-12)21(23)24/h3-10H,11H2,1-2H3,(H,20,22)/b8-5+. The number of nitro benzene ring substituents is 1. The number of methoxy groups -OCH3 is 2. The van der Waals surface area contributed by atoms with Crippen LogP contribution in [0.25, 0.3) is 6.08 Å². The maximum absolute atomic E-state index is 11.9. The van der Waals surface area contributed by atoms with Crippen LogP contribution in [0.3, 0.4) is 0 Å². The highest BCUT2D eigenvalue weighted by molar-refractivity contribution is 6.31. The van der Waals surface area contributed by atoms with Crippen molar-refractivity contribution >= 4 is 29.3 Å². The van der Waals surface area contributed by atoms with Crippen LogP contribution in [0, 0.1) is 10.1 Å². The molecule has 26 heavy (non-hydrogen) atoms. The lowest BCUT2D eigenvalue weighted by Crippen LogP contribution is -2.20. The van der Waals surface area contributed by atoms with E-state index < -0.39 is 4.92 Å². The lowest BCUT2D eigenvalue weighted by Gasteiger charge is -2.11. The first-order valence-electron chi connectivity index (χ1n) is 7.55. The molecule has 0 heterocycles. The van der Waals surface area contributed by atoms with Crippen molar-refractivity contribution < 1.29 is 19.2 Å². The highest BCUT2D eigenvalue weighted by Crippen LogP contribution is 2.32. The van der Waals surface area contributed by atoms with Gasteiger partial charge in [-0.15, -0.1) is 0 Å². The number of benzene rings is 2. The van der Waals surface area contributed by atoms with Crippen molar-refractivity contribution in [2.45, 2.75) is 6.54 Å². The Labute approximate surface area is 155 Å². The molecule has 0 unspecified atom stereocenters. The monoisotopic (exact) mass is 376 g/mol. The number of carbonyl (C=O) groups excluding carboxylic acids is 1. The Morgan fingerprint density at radius 3 is 2.38 bits per heavy atom. The third-order valence-electron chi connectivity index (χ3n) is 3.54. The van der Waals surface area contributed by atoms with Crippen LogP contribution in [0.2, 0.25) is 5.02 Å². The highest BCUT2D eigenvalue weighted by atomic mass is 35.5. The average Bonchev–Trinajstić information content (AvgIpc) is 2.65. The Balaban J connectivity index is 1.99. The zero-order valence-electron chi connectivity index (χ0n) is 14.2. The van der Waals surface area contributed by atoms with E-state index in [-0.39, 0.29) is 18.1 Å². The molecule has 0 atom stereocenters. The minimum Gasteiger partial charge on any atom is -0.493 e. The van der Waals surface area contributed by atoms with E-state index in [1.54, 1.807) is 30.3 Å². The molecular formula is C18H17ClN2O5. The van der Waals surface area contributed by atoms with Crippen LogP contribution in [0.5, 0.6) is 11.5 Å². The molecule has 0 aliphatic heterocycles. The Kier molecular flexibility index (Phi) is 6.57. The summed E-state index contributed by atoms with van der Waals surface area (Å²) in [4.78, 5) is 22.1. The fourth-order valence-electron chi connectivity index (χ4n) is 2.15. The molecule has 7 nitrogen and oxygen atoms in total. The van der Waals surface area contributed by atoms with Crippen molar-refractivity contribution in [3.8, 4) is 11.5 Å². The average molecular weight is 377 g/mol. The fourth-order valence-corrected chi connectivity index (χ4v) is 2.37. The quantitative estimate of drug-likeness (QED) is 0.453. The smallest absolute Gasteiger partial charge is 0.269 e. The van der Waals surface area contributed by atoms with Crippen LogP contribution in [0.4, 0.5) is 5.69 Å². The Morgan fingerprint density at radius 2 is 1.81 bits per heavy atom. The summed E-state index contributed by atoms with van der Waals surface area (Å²) in [6, 6.07) is 9.19. The molecule has 0 fully saturated rings. The van der Waals surface area contributed by atoms with Gasteiger partial charge in [0, 0.05) is 35.8 Å². The number of nitrogens with one attached hydrogen (secondary N) is 1. The van der Waals surface area contributed by atoms with Gasteiger partial charge in [-0.05, 0) is 35.4 Å². The van der Waals surface area contributed by atoms with Crippen molar-refractivity contribution in [3.05, 3.63) is 68.7 Å². The van der Waals surface area contributed by atoms with Gasteiger partial charge in [-0.1, -0.05) is 11.6 Å². The maximum atomic E-state index is 11.9. The summed E-state index contributed by atoms with van der Waals surface area (Å²) in [7, 11) is 3.03. The molecule has 2 aromatic rings. The van der Waals surface area contributed by atoms with Gasteiger partial charge in [-0.2, -0.15) is 0 Å². The van der Waals surface area contributed by atoms with Gasteiger partial charge in [0.25, 0.3) is 5.69 Å². The van der Waals surface area contributed by atoms with Crippen LogP contribution < -0.4 is 14.8 Å². The van der Waals surface area contributed by atoms with Crippen molar-refractivity contribution in [3.63, 3.8) is 0 Å². The minimum absolute atomic E-state index is 0.00491. The minimum atomic E-state index is -0.479. The van der Waals surface area contributed by atoms with Gasteiger partial charge in [0.05, 0.1) is 19.1 Å². The molecule has 8 heteroatoms. The Morgan fingerprint density at radius 1 is 1.19 bits per heavy atom. The molecule has 0 bridgehead atoms. The molecule has 2 rings (SSSR count). The van der Waals surface area contributed by atoms with Gasteiger partial charge >= 0.3 is 0 Å². The van der Waals surface area contributed by atoms with Gasteiger partial charge in [0.15, 0.2) is 11.5 Å². The number of ether oxygens (including phenoxy) is 2. The molecule has 1 amide bonds. The SMILES string of the molecule is COc1cc(Cl)c(CNC(=O)/C=C/c2ccc([N+](=O)[O-])cc2)cc1OC. The van der Waals surface area contributed by atoms with Crippen molar-refractivity contribution in [2.75, 3.05) is 14.2 Å². The molecule has 0 aromatic heterocycles. The van der Waals surface area contributed by atoms with Crippen LogP contribution >= 0.6 is 11.6 Å². The lowest BCUT2D eigenvalue weighted by molar-refractivity contribution is -0.384. The van der Waals surface area contributed by atoms with Gasteiger partial charge in [-0.25, -0.2) is 0 Å². The van der Waals surface area contributed by atoms with Gasteiger partial charge in [0.2, 0.25) is 5.91 Å². The van der Waals surface area contributed by atoms with E-state index in [1.807, 2.05) is 0 Å². The van der Waals surface area contributed by atoms with Crippen molar-refractivity contribution in [1.82, 2.24) is 5.32 Å². The lowest BCUT2D eigenvalue weighted by atomic mass is 10.2. The number of rotatable bonds is 7. The summed E-state index contributed by atoms with van der Waals surface area (Å²) in [5.41, 5.74) is 1.35. The molecule has 2 aromatic carbocycles. The Hall–Kier alpha value is -3.06. The fraction of sp³-hybridized carbons (Fsp3) is 0.167. The first kappa shape index (κ1) is 19.3. The number of halogens is 1. The molecule has 1 N–H and O–H groups in total. The largest absolute Gasteiger partial charge is 0.493 e. The van der Waals surface area contributed by atoms with Crippen LogP contribution in [0.15, 0.2) is 42.5 Å². The van der Waals surface area contributed by atoms with E-state index in [0.29, 0.717) is 27.6 Å². The zero-order valence-corrected chi connectivity index (χ0v) is 14.9. The van der Waals surface area contributed by atoms with Crippen LogP contribution in [0.1, 0.15) is 11.1 Å². The molecule has 0 saturated carbocycles. The van der Waals surface area contributed by atoms with E-state index in [4.69, 9.17) is 21.1 Å². The third-order valence-corrected chi connectivity index (χ3v) is 3.89. The van der Waals surface area contributed by atoms with E-state index >= 15 is 0 Å². The summed E-state index contributed by atoms with van der Waals surface area (Å²) in [6.45, 7) is 0.211. The van der Waals surface area contributed by atoms with Crippen LogP contribution in [-0.2, 0) is 11.3 Å².